The third-order valence-electron chi connectivity index (χ3n) is 6.75. The maximum absolute atomic E-state index is 13.6. The second kappa shape index (κ2) is 10.8. The van der Waals surface area contributed by atoms with Crippen LogP contribution in [0.3, 0.4) is 0 Å². The highest BCUT2D eigenvalue weighted by molar-refractivity contribution is 6.30. The van der Waals surface area contributed by atoms with E-state index in [1.165, 1.54) is 12.1 Å². The van der Waals surface area contributed by atoms with Gasteiger partial charge in [0, 0.05) is 54.9 Å². The zero-order valence-corrected chi connectivity index (χ0v) is 21.0. The van der Waals surface area contributed by atoms with E-state index in [0.717, 1.165) is 48.2 Å². The summed E-state index contributed by atoms with van der Waals surface area (Å²) in [6, 6.07) is 19.9. The molecule has 186 valence electrons. The largest absolute Gasteiger partial charge is 0.348 e. The number of likely N-dealkylation sites (N-methyl/N-ethyl adjacent to an activating group) is 1. The minimum absolute atomic E-state index is 0.0778. The molecule has 3 aromatic carbocycles. The minimum Gasteiger partial charge on any atom is -0.348 e. The average Bonchev–Trinajstić information content (AvgIpc) is 3.29. The van der Waals surface area contributed by atoms with Gasteiger partial charge in [0.2, 0.25) is 0 Å². The van der Waals surface area contributed by atoms with Crippen LogP contribution in [0.2, 0.25) is 5.02 Å². The molecule has 8 heteroatoms. The second-order valence-electron chi connectivity index (χ2n) is 9.34. The van der Waals surface area contributed by atoms with E-state index in [2.05, 4.69) is 22.2 Å². The minimum atomic E-state index is -0.234. The van der Waals surface area contributed by atoms with Crippen LogP contribution in [-0.2, 0) is 13.1 Å². The topological polar surface area (TPSA) is 53.4 Å². The Kier molecular flexibility index (Phi) is 7.32. The number of carbonyl (C=O) groups excluding carboxylic acids is 1. The van der Waals surface area contributed by atoms with Gasteiger partial charge in [-0.2, -0.15) is 5.10 Å². The van der Waals surface area contributed by atoms with Gasteiger partial charge in [0.15, 0.2) is 0 Å². The molecule has 2 heterocycles. The van der Waals surface area contributed by atoms with E-state index in [1.807, 2.05) is 65.5 Å². The van der Waals surface area contributed by atoms with Crippen molar-refractivity contribution in [3.63, 3.8) is 0 Å². The second-order valence-corrected chi connectivity index (χ2v) is 9.78. The maximum Gasteiger partial charge on any atom is 0.251 e. The van der Waals surface area contributed by atoms with Crippen molar-refractivity contribution >= 4 is 28.4 Å². The van der Waals surface area contributed by atoms with Crippen molar-refractivity contribution in [2.45, 2.75) is 19.1 Å². The van der Waals surface area contributed by atoms with Crippen LogP contribution in [-0.4, -0.2) is 58.7 Å². The molecule has 1 N–H and O–H groups in total. The van der Waals surface area contributed by atoms with E-state index >= 15 is 0 Å². The van der Waals surface area contributed by atoms with Crippen LogP contribution in [0, 0.1) is 5.82 Å². The zero-order valence-electron chi connectivity index (χ0n) is 20.2. The van der Waals surface area contributed by atoms with E-state index in [-0.39, 0.29) is 17.8 Å². The molecule has 1 amide bonds. The molecule has 4 aromatic rings. The summed E-state index contributed by atoms with van der Waals surface area (Å²) in [4.78, 5) is 17.5. The fraction of sp³-hybridized carbons (Fsp3) is 0.286. The number of hydrogen-bond acceptors (Lipinski definition) is 4. The molecule has 36 heavy (non-hydrogen) atoms. The third-order valence-corrected chi connectivity index (χ3v) is 6.99. The molecular weight excluding hydrogens is 477 g/mol. The standard InChI is InChI=1S/C28H29ClFN5O/c1-33-11-13-34(14-12-33)27(21-7-9-25(30)10-8-21)19-35-18-23-6-5-22(16-26(23)32-35)28(36)31-17-20-3-2-4-24(29)15-20/h2-10,15-16,18,27H,11-14,17,19H2,1H3,(H,31,36). The van der Waals surface area contributed by atoms with Crippen molar-refractivity contribution in [3.05, 3.63) is 100 Å². The number of nitrogens with zero attached hydrogens (tertiary/aromatic N) is 4. The molecule has 0 aliphatic carbocycles. The van der Waals surface area contributed by atoms with E-state index in [1.54, 1.807) is 0 Å². The highest BCUT2D eigenvalue weighted by Crippen LogP contribution is 2.25. The molecule has 0 saturated carbocycles. The fourth-order valence-electron chi connectivity index (χ4n) is 4.66. The first-order valence-electron chi connectivity index (χ1n) is 12.1. The lowest BCUT2D eigenvalue weighted by atomic mass is 10.0. The third kappa shape index (κ3) is 5.75. The number of fused-ring (bicyclic) bond motifs is 1. The number of halogens is 2. The van der Waals surface area contributed by atoms with Gasteiger partial charge in [0.25, 0.3) is 5.91 Å². The van der Waals surface area contributed by atoms with Gasteiger partial charge in [0.05, 0.1) is 18.1 Å². The first kappa shape index (κ1) is 24.4. The summed E-state index contributed by atoms with van der Waals surface area (Å²) in [5.74, 6) is -0.394. The summed E-state index contributed by atoms with van der Waals surface area (Å²) in [7, 11) is 2.13. The number of hydrogen-bond donors (Lipinski definition) is 1. The van der Waals surface area contributed by atoms with E-state index in [4.69, 9.17) is 16.7 Å². The Labute approximate surface area is 215 Å². The molecule has 1 unspecified atom stereocenters. The molecule has 0 spiro atoms. The molecule has 0 bridgehead atoms. The van der Waals surface area contributed by atoms with Crippen molar-refractivity contribution < 1.29 is 9.18 Å². The van der Waals surface area contributed by atoms with E-state index in [0.29, 0.717) is 23.7 Å². The van der Waals surface area contributed by atoms with Gasteiger partial charge in [-0.25, -0.2) is 4.39 Å². The van der Waals surface area contributed by atoms with Crippen LogP contribution in [0.1, 0.15) is 27.5 Å². The maximum atomic E-state index is 13.6. The number of rotatable bonds is 7. The normalized spacial score (nSPS) is 15.8. The molecule has 6 nitrogen and oxygen atoms in total. The molecule has 1 aliphatic rings. The average molecular weight is 506 g/mol. The number of carbonyl (C=O) groups is 1. The number of benzene rings is 3. The van der Waals surface area contributed by atoms with Crippen molar-refractivity contribution in [2.24, 2.45) is 0 Å². The monoisotopic (exact) mass is 505 g/mol. The van der Waals surface area contributed by atoms with Crippen LogP contribution in [0.5, 0.6) is 0 Å². The van der Waals surface area contributed by atoms with Gasteiger partial charge in [-0.05, 0) is 54.6 Å². The first-order chi connectivity index (χ1) is 17.4. The summed E-state index contributed by atoms with van der Waals surface area (Å²) in [6.07, 6.45) is 2.01. The summed E-state index contributed by atoms with van der Waals surface area (Å²) in [5, 5.41) is 9.34. The summed E-state index contributed by atoms with van der Waals surface area (Å²) >= 11 is 6.04. The van der Waals surface area contributed by atoms with Crippen molar-refractivity contribution in [1.29, 1.82) is 0 Å². The van der Waals surface area contributed by atoms with Crippen LogP contribution in [0.4, 0.5) is 4.39 Å². The van der Waals surface area contributed by atoms with Crippen LogP contribution >= 0.6 is 11.6 Å². The SMILES string of the molecule is CN1CCN(C(Cn2cc3ccc(C(=O)NCc4cccc(Cl)c4)cc3n2)c2ccc(F)cc2)CC1. The van der Waals surface area contributed by atoms with Crippen LogP contribution < -0.4 is 5.32 Å². The first-order valence-corrected chi connectivity index (χ1v) is 12.5. The van der Waals surface area contributed by atoms with E-state index in [9.17, 15) is 9.18 Å². The van der Waals surface area contributed by atoms with Gasteiger partial charge < -0.3 is 10.2 Å². The smallest absolute Gasteiger partial charge is 0.251 e. The number of aromatic nitrogens is 2. The fourth-order valence-corrected chi connectivity index (χ4v) is 4.87. The van der Waals surface area contributed by atoms with Gasteiger partial charge in [-0.3, -0.25) is 14.4 Å². The summed E-state index contributed by atoms with van der Waals surface area (Å²) < 4.78 is 15.5. The summed E-state index contributed by atoms with van der Waals surface area (Å²) in [6.45, 7) is 4.90. The van der Waals surface area contributed by atoms with Gasteiger partial charge >= 0.3 is 0 Å². The lowest BCUT2D eigenvalue weighted by molar-refractivity contribution is 0.0951. The Morgan fingerprint density at radius 3 is 2.58 bits per heavy atom. The Morgan fingerprint density at radius 2 is 1.83 bits per heavy atom. The Bertz CT molecular complexity index is 1350. The quantitative estimate of drug-likeness (QED) is 0.394. The van der Waals surface area contributed by atoms with Gasteiger partial charge in [-0.15, -0.1) is 0 Å². The molecule has 5 rings (SSSR count). The van der Waals surface area contributed by atoms with Crippen LogP contribution in [0.15, 0.2) is 72.9 Å². The van der Waals surface area contributed by atoms with Crippen molar-refractivity contribution in [1.82, 2.24) is 24.9 Å². The van der Waals surface area contributed by atoms with Crippen molar-refractivity contribution in [3.8, 4) is 0 Å². The molecule has 1 atom stereocenters. The van der Waals surface area contributed by atoms with Gasteiger partial charge in [-0.1, -0.05) is 41.9 Å². The molecule has 1 aliphatic heterocycles. The van der Waals surface area contributed by atoms with Crippen molar-refractivity contribution in [2.75, 3.05) is 33.2 Å². The lowest BCUT2D eigenvalue weighted by Crippen LogP contribution is -2.46. The highest BCUT2D eigenvalue weighted by atomic mass is 35.5. The Morgan fingerprint density at radius 1 is 1.06 bits per heavy atom. The van der Waals surface area contributed by atoms with E-state index < -0.39 is 0 Å². The lowest BCUT2D eigenvalue weighted by Gasteiger charge is -2.38. The highest BCUT2D eigenvalue weighted by Gasteiger charge is 2.25. The number of piperazine rings is 1. The zero-order chi connectivity index (χ0) is 25.1. The number of nitrogens with one attached hydrogen (secondary N) is 1. The molecular formula is C28H29ClFN5O. The number of amides is 1. The van der Waals surface area contributed by atoms with Crippen LogP contribution in [0.25, 0.3) is 10.9 Å². The van der Waals surface area contributed by atoms with Gasteiger partial charge in [0.1, 0.15) is 5.82 Å². The predicted octanol–water partition coefficient (Wildman–Crippen LogP) is 4.75. The predicted molar refractivity (Wildman–Crippen MR) is 141 cm³/mol. The Hall–Kier alpha value is -3.26. The molecule has 1 aromatic heterocycles. The Balaban J connectivity index is 1.33. The molecule has 1 fully saturated rings. The summed E-state index contributed by atoms with van der Waals surface area (Å²) in [5.41, 5.74) is 3.34. The molecule has 1 saturated heterocycles. The molecule has 0 radical (unpaired) electrons.